The topological polar surface area (TPSA) is 30.2 Å². The molecule has 0 spiro atoms. The van der Waals surface area contributed by atoms with Crippen LogP contribution in [0, 0.1) is 5.92 Å². The van der Waals surface area contributed by atoms with Crippen LogP contribution in [0.5, 0.6) is 0 Å². The third-order valence-electron chi connectivity index (χ3n) is 3.00. The van der Waals surface area contributed by atoms with Crippen LogP contribution in [0.4, 0.5) is 0 Å². The van der Waals surface area contributed by atoms with E-state index >= 15 is 0 Å². The van der Waals surface area contributed by atoms with Gasteiger partial charge in [0.1, 0.15) is 0 Å². The second kappa shape index (κ2) is 4.92. The molecule has 0 aliphatic heterocycles. The molecular formula is C14H15ClO2. The van der Waals surface area contributed by atoms with E-state index in [9.17, 15) is 4.79 Å². The normalized spacial score (nSPS) is 12.9. The third-order valence-corrected chi connectivity index (χ3v) is 3.30. The Bertz CT molecular complexity index is 542. The van der Waals surface area contributed by atoms with E-state index in [1.54, 1.807) is 12.1 Å². The van der Waals surface area contributed by atoms with Crippen molar-refractivity contribution >= 4 is 28.4 Å². The molecule has 0 radical (unpaired) electrons. The van der Waals surface area contributed by atoms with Gasteiger partial charge in [0, 0.05) is 11.8 Å². The van der Waals surface area contributed by atoms with E-state index in [2.05, 4.69) is 13.8 Å². The monoisotopic (exact) mass is 250 g/mol. The molecule has 0 aliphatic rings. The van der Waals surface area contributed by atoms with Gasteiger partial charge in [0.05, 0.1) is 5.02 Å². The molecule has 2 nitrogen and oxygen atoms in total. The van der Waals surface area contributed by atoms with E-state index in [1.165, 1.54) is 0 Å². The molecule has 0 saturated heterocycles. The van der Waals surface area contributed by atoms with E-state index in [1.807, 2.05) is 12.1 Å². The lowest BCUT2D eigenvalue weighted by Gasteiger charge is -2.04. The summed E-state index contributed by atoms with van der Waals surface area (Å²) >= 11 is 6.00. The zero-order valence-electron chi connectivity index (χ0n) is 10.00. The van der Waals surface area contributed by atoms with Gasteiger partial charge in [-0.05, 0) is 18.1 Å². The summed E-state index contributed by atoms with van der Waals surface area (Å²) in [6.45, 7) is 4.14. The van der Waals surface area contributed by atoms with Crippen molar-refractivity contribution in [3.05, 3.63) is 35.0 Å². The Balaban J connectivity index is 2.30. The highest BCUT2D eigenvalue weighted by molar-refractivity contribution is 6.34. The minimum Gasteiger partial charge on any atom is -0.451 e. The summed E-state index contributed by atoms with van der Waals surface area (Å²) < 4.78 is 5.52. The molecule has 0 N–H and O–H groups in total. The maximum atomic E-state index is 12.0. The van der Waals surface area contributed by atoms with Crippen molar-refractivity contribution in [3.8, 4) is 0 Å². The summed E-state index contributed by atoms with van der Waals surface area (Å²) in [5, 5.41) is 1.43. The highest BCUT2D eigenvalue weighted by Crippen LogP contribution is 2.27. The Kier molecular flexibility index (Phi) is 3.53. The molecule has 0 aliphatic carbocycles. The van der Waals surface area contributed by atoms with Gasteiger partial charge < -0.3 is 4.42 Å². The Morgan fingerprint density at radius 3 is 2.88 bits per heavy atom. The first kappa shape index (κ1) is 12.2. The van der Waals surface area contributed by atoms with Crippen molar-refractivity contribution in [1.82, 2.24) is 0 Å². The van der Waals surface area contributed by atoms with Gasteiger partial charge in [0.2, 0.25) is 0 Å². The number of fused-ring (bicyclic) bond motifs is 1. The number of para-hydroxylation sites is 1. The van der Waals surface area contributed by atoms with E-state index in [-0.39, 0.29) is 5.78 Å². The number of ketones is 1. The van der Waals surface area contributed by atoms with Crippen molar-refractivity contribution in [1.29, 1.82) is 0 Å². The Labute approximate surface area is 106 Å². The van der Waals surface area contributed by atoms with Crippen LogP contribution in [0.3, 0.4) is 0 Å². The van der Waals surface area contributed by atoms with Gasteiger partial charge >= 0.3 is 0 Å². The van der Waals surface area contributed by atoms with Crippen LogP contribution < -0.4 is 0 Å². The molecule has 3 heteroatoms. The average molecular weight is 251 g/mol. The quantitative estimate of drug-likeness (QED) is 0.736. The van der Waals surface area contributed by atoms with E-state index in [0.717, 1.165) is 11.8 Å². The number of carbonyl (C=O) groups is 1. The zero-order chi connectivity index (χ0) is 12.4. The maximum Gasteiger partial charge on any atom is 0.198 e. The molecule has 0 fully saturated rings. The Morgan fingerprint density at radius 1 is 1.47 bits per heavy atom. The van der Waals surface area contributed by atoms with Crippen LogP contribution in [0.25, 0.3) is 11.0 Å². The highest BCUT2D eigenvalue weighted by Gasteiger charge is 2.15. The lowest BCUT2D eigenvalue weighted by Crippen LogP contribution is -2.03. The molecule has 1 unspecified atom stereocenters. The van der Waals surface area contributed by atoms with Gasteiger partial charge in [0.25, 0.3) is 0 Å². The Hall–Kier alpha value is -1.28. The van der Waals surface area contributed by atoms with Crippen LogP contribution in [-0.2, 0) is 0 Å². The van der Waals surface area contributed by atoms with Crippen LogP contribution in [0.1, 0.15) is 37.2 Å². The van der Waals surface area contributed by atoms with Gasteiger partial charge in [0.15, 0.2) is 17.1 Å². The number of halogens is 1. The van der Waals surface area contributed by atoms with Gasteiger partial charge in [-0.3, -0.25) is 4.79 Å². The highest BCUT2D eigenvalue weighted by atomic mass is 35.5. The molecule has 0 saturated carbocycles. The van der Waals surface area contributed by atoms with Gasteiger partial charge in [-0.25, -0.2) is 0 Å². The first-order chi connectivity index (χ1) is 8.11. The lowest BCUT2D eigenvalue weighted by molar-refractivity contribution is 0.0938. The van der Waals surface area contributed by atoms with Gasteiger partial charge in [-0.2, -0.15) is 0 Å². The minimum atomic E-state index is 0.0478. The van der Waals surface area contributed by atoms with Crippen LogP contribution in [0.15, 0.2) is 28.7 Å². The molecule has 1 heterocycles. The molecule has 0 amide bonds. The van der Waals surface area contributed by atoms with Gasteiger partial charge in [-0.15, -0.1) is 0 Å². The summed E-state index contributed by atoms with van der Waals surface area (Å²) in [5.41, 5.74) is 0.599. The van der Waals surface area contributed by atoms with Gasteiger partial charge in [-0.1, -0.05) is 44.0 Å². The fourth-order valence-corrected chi connectivity index (χ4v) is 1.95. The predicted octanol–water partition coefficient (Wildman–Crippen LogP) is 4.71. The molecule has 2 aromatic rings. The molecule has 1 atom stereocenters. The van der Waals surface area contributed by atoms with E-state index in [4.69, 9.17) is 16.0 Å². The third kappa shape index (κ3) is 2.52. The van der Waals surface area contributed by atoms with E-state index < -0.39 is 0 Å². The molecule has 0 bridgehead atoms. The van der Waals surface area contributed by atoms with Crippen molar-refractivity contribution in [2.45, 2.75) is 26.7 Å². The predicted molar refractivity (Wildman–Crippen MR) is 69.6 cm³/mol. The number of benzene rings is 1. The van der Waals surface area contributed by atoms with Crippen LogP contribution in [-0.4, -0.2) is 5.78 Å². The summed E-state index contributed by atoms with van der Waals surface area (Å²) in [5.74, 6) is 0.839. The molecule has 1 aromatic carbocycles. The number of Topliss-reactive ketones (excluding diaryl/α,β-unsaturated/α-hetero) is 1. The van der Waals surface area contributed by atoms with Crippen molar-refractivity contribution in [2.24, 2.45) is 5.92 Å². The molecular weight excluding hydrogens is 236 g/mol. The van der Waals surface area contributed by atoms with Crippen LogP contribution in [0.2, 0.25) is 5.02 Å². The molecule has 17 heavy (non-hydrogen) atoms. The fraction of sp³-hybridized carbons (Fsp3) is 0.357. The second-order valence-corrected chi connectivity index (χ2v) is 4.82. The summed E-state index contributed by atoms with van der Waals surface area (Å²) in [4.78, 5) is 12.0. The molecule has 90 valence electrons. The smallest absolute Gasteiger partial charge is 0.198 e. The summed E-state index contributed by atoms with van der Waals surface area (Å²) in [7, 11) is 0. The Morgan fingerprint density at radius 2 is 2.24 bits per heavy atom. The number of hydrogen-bond donors (Lipinski definition) is 0. The van der Waals surface area contributed by atoms with Crippen molar-refractivity contribution in [3.63, 3.8) is 0 Å². The average Bonchev–Trinajstić information content (AvgIpc) is 2.74. The second-order valence-electron chi connectivity index (χ2n) is 4.41. The summed E-state index contributed by atoms with van der Waals surface area (Å²) in [6, 6.07) is 7.27. The molecule has 2 rings (SSSR count). The minimum absolute atomic E-state index is 0.0478. The van der Waals surface area contributed by atoms with Crippen molar-refractivity contribution in [2.75, 3.05) is 0 Å². The molecule has 1 aromatic heterocycles. The first-order valence-corrected chi connectivity index (χ1v) is 6.21. The fourth-order valence-electron chi connectivity index (χ4n) is 1.73. The first-order valence-electron chi connectivity index (χ1n) is 5.83. The maximum absolute atomic E-state index is 12.0. The van der Waals surface area contributed by atoms with E-state index in [0.29, 0.717) is 28.7 Å². The van der Waals surface area contributed by atoms with Crippen LogP contribution >= 0.6 is 11.6 Å². The van der Waals surface area contributed by atoms with Crippen molar-refractivity contribution < 1.29 is 9.21 Å². The lowest BCUT2D eigenvalue weighted by atomic mass is 10.0. The summed E-state index contributed by atoms with van der Waals surface area (Å²) in [6.07, 6.45) is 1.51. The SMILES string of the molecule is CCC(C)CC(=O)c1cc2cccc(Cl)c2o1. The number of hydrogen-bond acceptors (Lipinski definition) is 2. The number of furan rings is 1. The number of rotatable bonds is 4. The zero-order valence-corrected chi connectivity index (χ0v) is 10.8. The largest absolute Gasteiger partial charge is 0.451 e. The number of carbonyl (C=O) groups excluding carboxylic acids is 1. The standard InChI is InChI=1S/C14H15ClO2/c1-3-9(2)7-12(16)13-8-10-5-4-6-11(15)14(10)17-13/h4-6,8-9H,3,7H2,1-2H3.